The Hall–Kier alpha value is -3.02. The second-order valence-corrected chi connectivity index (χ2v) is 4.73. The molecule has 0 aromatic heterocycles. The molecule has 2 aromatic rings. The number of alkyl carbamates (subject to hydrolysis) is 1. The van der Waals surface area contributed by atoms with Gasteiger partial charge in [0.25, 0.3) is 0 Å². The first kappa shape index (κ1) is 16.4. The fourth-order valence-electron chi connectivity index (χ4n) is 1.88. The summed E-state index contributed by atoms with van der Waals surface area (Å²) in [5.74, 6) is -0.179. The summed E-state index contributed by atoms with van der Waals surface area (Å²) in [7, 11) is 1.39. The average Bonchev–Trinajstić information content (AvgIpc) is 2.59. The van der Waals surface area contributed by atoms with Crippen molar-refractivity contribution in [2.45, 2.75) is 6.61 Å². The number of rotatable bonds is 6. The van der Waals surface area contributed by atoms with Crippen molar-refractivity contribution >= 4 is 11.9 Å². The standard InChI is InChI=1S/C17H17NO5/c1-22-16-9-13(7-8-14(16)19)15(20)10-18-17(21)23-11-12-5-3-2-4-6-12/h2-9,19H,10-11H2,1H3,(H,18,21). The van der Waals surface area contributed by atoms with E-state index in [2.05, 4.69) is 5.32 Å². The van der Waals surface area contributed by atoms with Gasteiger partial charge < -0.3 is 19.9 Å². The Morgan fingerprint density at radius 1 is 1.13 bits per heavy atom. The number of hydrogen-bond acceptors (Lipinski definition) is 5. The molecule has 2 N–H and O–H groups in total. The second-order valence-electron chi connectivity index (χ2n) is 4.73. The number of carbonyl (C=O) groups is 2. The van der Waals surface area contributed by atoms with Gasteiger partial charge in [-0.1, -0.05) is 30.3 Å². The number of hydrogen-bond donors (Lipinski definition) is 2. The molecule has 6 heteroatoms. The Kier molecular flexibility index (Phi) is 5.57. The lowest BCUT2D eigenvalue weighted by Gasteiger charge is -2.08. The van der Waals surface area contributed by atoms with Crippen LogP contribution in [0, 0.1) is 0 Å². The number of ether oxygens (including phenoxy) is 2. The minimum Gasteiger partial charge on any atom is -0.504 e. The molecule has 0 fully saturated rings. The summed E-state index contributed by atoms with van der Waals surface area (Å²) >= 11 is 0. The van der Waals surface area contributed by atoms with Crippen LogP contribution >= 0.6 is 0 Å². The molecular formula is C17H17NO5. The molecule has 0 unspecified atom stereocenters. The summed E-state index contributed by atoms with van der Waals surface area (Å²) < 4.78 is 9.95. The van der Waals surface area contributed by atoms with Gasteiger partial charge in [-0.05, 0) is 23.8 Å². The molecule has 0 spiro atoms. The Balaban J connectivity index is 1.83. The van der Waals surface area contributed by atoms with Crippen LogP contribution in [-0.2, 0) is 11.3 Å². The first-order valence-corrected chi connectivity index (χ1v) is 6.95. The Morgan fingerprint density at radius 2 is 1.87 bits per heavy atom. The van der Waals surface area contributed by atoms with Crippen LogP contribution in [0.2, 0.25) is 0 Å². The Morgan fingerprint density at radius 3 is 2.57 bits per heavy atom. The van der Waals surface area contributed by atoms with Crippen molar-refractivity contribution in [2.24, 2.45) is 0 Å². The molecule has 0 saturated carbocycles. The smallest absolute Gasteiger partial charge is 0.407 e. The van der Waals surface area contributed by atoms with Gasteiger partial charge in [0.1, 0.15) is 6.61 Å². The summed E-state index contributed by atoms with van der Waals surface area (Å²) in [6.07, 6.45) is -0.673. The number of amides is 1. The van der Waals surface area contributed by atoms with E-state index >= 15 is 0 Å². The molecule has 0 atom stereocenters. The first-order valence-electron chi connectivity index (χ1n) is 6.95. The van der Waals surface area contributed by atoms with E-state index in [1.165, 1.54) is 25.3 Å². The predicted molar refractivity (Wildman–Crippen MR) is 83.6 cm³/mol. The topological polar surface area (TPSA) is 84.9 Å². The van der Waals surface area contributed by atoms with Crippen molar-refractivity contribution < 1.29 is 24.2 Å². The van der Waals surface area contributed by atoms with Crippen LogP contribution in [0.4, 0.5) is 4.79 Å². The SMILES string of the molecule is COc1cc(C(=O)CNC(=O)OCc2ccccc2)ccc1O. The Bertz CT molecular complexity index is 685. The third kappa shape index (κ3) is 4.74. The Labute approximate surface area is 133 Å². The maximum Gasteiger partial charge on any atom is 0.407 e. The second kappa shape index (κ2) is 7.84. The summed E-state index contributed by atoms with van der Waals surface area (Å²) in [5.41, 5.74) is 1.18. The van der Waals surface area contributed by atoms with Gasteiger partial charge in [-0.2, -0.15) is 0 Å². The van der Waals surface area contributed by atoms with Gasteiger partial charge in [0.05, 0.1) is 13.7 Å². The molecule has 0 saturated heterocycles. The number of nitrogens with one attached hydrogen (secondary N) is 1. The molecule has 2 aromatic carbocycles. The van der Waals surface area contributed by atoms with Crippen molar-refractivity contribution in [3.8, 4) is 11.5 Å². The molecule has 0 bridgehead atoms. The zero-order valence-corrected chi connectivity index (χ0v) is 12.6. The van der Waals surface area contributed by atoms with Gasteiger partial charge in [-0.15, -0.1) is 0 Å². The van der Waals surface area contributed by atoms with Gasteiger partial charge in [0, 0.05) is 5.56 Å². The number of ketones is 1. The third-order valence-electron chi connectivity index (χ3n) is 3.11. The number of aromatic hydroxyl groups is 1. The van der Waals surface area contributed by atoms with Crippen molar-refractivity contribution in [3.05, 3.63) is 59.7 Å². The molecule has 0 heterocycles. The van der Waals surface area contributed by atoms with Crippen molar-refractivity contribution in [3.63, 3.8) is 0 Å². The van der Waals surface area contributed by atoms with E-state index in [-0.39, 0.29) is 30.4 Å². The highest BCUT2D eigenvalue weighted by atomic mass is 16.5. The van der Waals surface area contributed by atoms with E-state index in [9.17, 15) is 14.7 Å². The fourth-order valence-corrected chi connectivity index (χ4v) is 1.88. The third-order valence-corrected chi connectivity index (χ3v) is 3.11. The number of Topliss-reactive ketones (excluding diaryl/α,β-unsaturated/α-hetero) is 1. The summed E-state index contributed by atoms with van der Waals surface area (Å²) in [6.45, 7) is -0.0740. The minimum absolute atomic E-state index is 0.0562. The molecule has 0 aliphatic rings. The van der Waals surface area contributed by atoms with Crippen LogP contribution in [0.3, 0.4) is 0 Å². The maximum atomic E-state index is 12.0. The van der Waals surface area contributed by atoms with Gasteiger partial charge in [-0.25, -0.2) is 4.79 Å². The van der Waals surface area contributed by atoms with Crippen molar-refractivity contribution in [1.82, 2.24) is 5.32 Å². The van der Waals surface area contributed by atoms with Gasteiger partial charge in [0.15, 0.2) is 17.3 Å². The lowest BCUT2D eigenvalue weighted by molar-refractivity contribution is 0.0973. The number of phenols is 1. The quantitative estimate of drug-likeness (QED) is 0.800. The zero-order chi connectivity index (χ0) is 16.7. The fraction of sp³-hybridized carbons (Fsp3) is 0.176. The normalized spacial score (nSPS) is 9.96. The number of methoxy groups -OCH3 is 1. The van der Waals surface area contributed by atoms with E-state index in [4.69, 9.17) is 9.47 Å². The number of benzene rings is 2. The monoisotopic (exact) mass is 315 g/mol. The van der Waals surface area contributed by atoms with Gasteiger partial charge in [-0.3, -0.25) is 4.79 Å². The summed E-state index contributed by atoms with van der Waals surface area (Å²) in [6, 6.07) is 13.5. The molecule has 1 amide bonds. The largest absolute Gasteiger partial charge is 0.504 e. The summed E-state index contributed by atoms with van der Waals surface area (Å²) in [5, 5.41) is 11.9. The molecule has 2 rings (SSSR count). The first-order chi connectivity index (χ1) is 11.1. The van der Waals surface area contributed by atoms with Crippen LogP contribution < -0.4 is 10.1 Å². The van der Waals surface area contributed by atoms with Gasteiger partial charge in [0.2, 0.25) is 0 Å². The lowest BCUT2D eigenvalue weighted by atomic mass is 10.1. The maximum absolute atomic E-state index is 12.0. The molecular weight excluding hydrogens is 298 g/mol. The van der Waals surface area contributed by atoms with E-state index in [0.717, 1.165) is 5.56 Å². The zero-order valence-electron chi connectivity index (χ0n) is 12.6. The molecule has 0 aliphatic carbocycles. The molecule has 23 heavy (non-hydrogen) atoms. The minimum atomic E-state index is -0.673. The van der Waals surface area contributed by atoms with Crippen LogP contribution in [0.1, 0.15) is 15.9 Å². The predicted octanol–water partition coefficient (Wildman–Crippen LogP) is 2.51. The van der Waals surface area contributed by atoms with Crippen molar-refractivity contribution in [1.29, 1.82) is 0 Å². The average molecular weight is 315 g/mol. The van der Waals surface area contributed by atoms with E-state index in [1.807, 2.05) is 30.3 Å². The molecule has 120 valence electrons. The highest BCUT2D eigenvalue weighted by Gasteiger charge is 2.11. The molecule has 0 radical (unpaired) electrons. The highest BCUT2D eigenvalue weighted by Crippen LogP contribution is 2.26. The van der Waals surface area contributed by atoms with Crippen LogP contribution in [0.5, 0.6) is 11.5 Å². The van der Waals surface area contributed by atoms with E-state index < -0.39 is 6.09 Å². The van der Waals surface area contributed by atoms with Gasteiger partial charge >= 0.3 is 6.09 Å². The lowest BCUT2D eigenvalue weighted by Crippen LogP contribution is -2.30. The number of phenolic OH excluding ortho intramolecular Hbond substituents is 1. The van der Waals surface area contributed by atoms with E-state index in [1.54, 1.807) is 0 Å². The molecule has 0 aliphatic heterocycles. The van der Waals surface area contributed by atoms with Crippen molar-refractivity contribution in [2.75, 3.05) is 13.7 Å². The van der Waals surface area contributed by atoms with E-state index in [0.29, 0.717) is 5.56 Å². The summed E-state index contributed by atoms with van der Waals surface area (Å²) in [4.78, 5) is 23.6. The highest BCUT2D eigenvalue weighted by molar-refractivity contribution is 5.99. The number of carbonyl (C=O) groups excluding carboxylic acids is 2. The van der Waals surface area contributed by atoms with Crippen LogP contribution in [0.15, 0.2) is 48.5 Å². The molecule has 6 nitrogen and oxygen atoms in total. The van der Waals surface area contributed by atoms with Crippen LogP contribution in [0.25, 0.3) is 0 Å². The van der Waals surface area contributed by atoms with Crippen LogP contribution in [-0.4, -0.2) is 30.6 Å².